The van der Waals surface area contributed by atoms with E-state index in [1.54, 1.807) is 0 Å². The first-order chi connectivity index (χ1) is 12.1. The van der Waals surface area contributed by atoms with Gasteiger partial charge < -0.3 is 16.0 Å². The summed E-state index contributed by atoms with van der Waals surface area (Å²) in [7, 11) is 0. The minimum absolute atomic E-state index is 0.164. The Kier molecular flexibility index (Phi) is 6.32. The molecule has 1 saturated carbocycles. The van der Waals surface area contributed by atoms with Crippen LogP contribution in [0.1, 0.15) is 32.6 Å². The van der Waals surface area contributed by atoms with E-state index in [0.29, 0.717) is 18.4 Å². The van der Waals surface area contributed by atoms with E-state index in [9.17, 15) is 4.79 Å². The van der Waals surface area contributed by atoms with Crippen molar-refractivity contribution in [3.05, 3.63) is 30.3 Å². The van der Waals surface area contributed by atoms with Crippen LogP contribution >= 0.6 is 0 Å². The van der Waals surface area contributed by atoms with E-state index in [-0.39, 0.29) is 11.9 Å². The molecule has 3 N–H and O–H groups in total. The lowest BCUT2D eigenvalue weighted by molar-refractivity contribution is -0.122. The standard InChI is InChI=1S/C20H32N4O/c1-16(15-22-20(25)14-17-6-5-9-19(17)21)23-10-12-24(13-11-23)18-7-3-2-4-8-18/h2-4,7-8,16-17,19H,5-6,9-15,21H2,1H3,(H,22,25)/t16?,17-,19+/m0/s1. The molecule has 2 fully saturated rings. The predicted octanol–water partition coefficient (Wildman–Crippen LogP) is 1.83. The highest BCUT2D eigenvalue weighted by atomic mass is 16.1. The average Bonchev–Trinajstić information content (AvgIpc) is 3.05. The Morgan fingerprint density at radius 2 is 1.92 bits per heavy atom. The Morgan fingerprint density at radius 3 is 2.56 bits per heavy atom. The van der Waals surface area contributed by atoms with Crippen LogP contribution in [0.4, 0.5) is 5.69 Å². The highest BCUT2D eigenvalue weighted by molar-refractivity contribution is 5.76. The number of nitrogens with zero attached hydrogens (tertiary/aromatic N) is 2. The number of piperazine rings is 1. The van der Waals surface area contributed by atoms with Crippen molar-refractivity contribution in [3.8, 4) is 0 Å². The van der Waals surface area contributed by atoms with Gasteiger partial charge >= 0.3 is 0 Å². The van der Waals surface area contributed by atoms with Gasteiger partial charge in [0, 0.05) is 56.9 Å². The highest BCUT2D eigenvalue weighted by Crippen LogP contribution is 2.26. The lowest BCUT2D eigenvalue weighted by Crippen LogP contribution is -2.52. The Labute approximate surface area is 151 Å². The Balaban J connectivity index is 1.37. The number of carbonyl (C=O) groups excluding carboxylic acids is 1. The molecule has 1 amide bonds. The minimum atomic E-state index is 0.164. The van der Waals surface area contributed by atoms with Gasteiger partial charge in [-0.2, -0.15) is 0 Å². The van der Waals surface area contributed by atoms with Gasteiger partial charge in [-0.3, -0.25) is 9.69 Å². The number of anilines is 1. The third kappa shape index (κ3) is 4.95. The fourth-order valence-electron chi connectivity index (χ4n) is 4.08. The second-order valence-corrected chi connectivity index (χ2v) is 7.57. The number of hydrogen-bond donors (Lipinski definition) is 2. The SMILES string of the molecule is CC(CNC(=O)C[C@@H]1CCC[C@H]1N)N1CCN(c2ccccc2)CC1. The van der Waals surface area contributed by atoms with Gasteiger partial charge in [-0.05, 0) is 37.8 Å². The Morgan fingerprint density at radius 1 is 1.20 bits per heavy atom. The highest BCUT2D eigenvalue weighted by Gasteiger charge is 2.26. The molecule has 0 aromatic heterocycles. The summed E-state index contributed by atoms with van der Waals surface area (Å²) in [5.41, 5.74) is 7.37. The normalized spacial score (nSPS) is 25.8. The fraction of sp³-hybridized carbons (Fsp3) is 0.650. The summed E-state index contributed by atoms with van der Waals surface area (Å²) in [5, 5.41) is 3.12. The van der Waals surface area contributed by atoms with Crippen LogP contribution in [-0.2, 0) is 4.79 Å². The summed E-state index contributed by atoms with van der Waals surface area (Å²) in [6.07, 6.45) is 3.93. The number of amides is 1. The smallest absolute Gasteiger partial charge is 0.220 e. The van der Waals surface area contributed by atoms with E-state index in [4.69, 9.17) is 5.73 Å². The largest absolute Gasteiger partial charge is 0.369 e. The average molecular weight is 345 g/mol. The molecule has 5 heteroatoms. The van der Waals surface area contributed by atoms with E-state index >= 15 is 0 Å². The minimum Gasteiger partial charge on any atom is -0.369 e. The second-order valence-electron chi connectivity index (χ2n) is 7.57. The van der Waals surface area contributed by atoms with Gasteiger partial charge in [-0.1, -0.05) is 24.6 Å². The molecule has 2 aliphatic rings. The first-order valence-corrected chi connectivity index (χ1v) is 9.70. The van der Waals surface area contributed by atoms with Crippen LogP contribution in [0.15, 0.2) is 30.3 Å². The molecule has 1 saturated heterocycles. The molecule has 3 rings (SSSR count). The molecule has 1 aliphatic carbocycles. The quantitative estimate of drug-likeness (QED) is 0.826. The molecule has 1 unspecified atom stereocenters. The monoisotopic (exact) mass is 344 g/mol. The molecule has 25 heavy (non-hydrogen) atoms. The fourth-order valence-corrected chi connectivity index (χ4v) is 4.08. The maximum absolute atomic E-state index is 12.2. The van der Waals surface area contributed by atoms with Crippen molar-refractivity contribution in [2.75, 3.05) is 37.6 Å². The maximum Gasteiger partial charge on any atom is 0.220 e. The van der Waals surface area contributed by atoms with Crippen molar-refractivity contribution in [1.29, 1.82) is 0 Å². The van der Waals surface area contributed by atoms with Crippen LogP contribution in [0.3, 0.4) is 0 Å². The summed E-state index contributed by atoms with van der Waals surface area (Å²) in [4.78, 5) is 17.1. The summed E-state index contributed by atoms with van der Waals surface area (Å²) in [6.45, 7) is 7.10. The van der Waals surface area contributed by atoms with Gasteiger partial charge in [0.25, 0.3) is 0 Å². The third-order valence-electron chi connectivity index (χ3n) is 5.82. The van der Waals surface area contributed by atoms with Crippen molar-refractivity contribution >= 4 is 11.6 Å². The molecule has 1 aromatic carbocycles. The van der Waals surface area contributed by atoms with E-state index in [1.807, 2.05) is 0 Å². The van der Waals surface area contributed by atoms with Crippen LogP contribution in [0.2, 0.25) is 0 Å². The van der Waals surface area contributed by atoms with Gasteiger partial charge in [0.2, 0.25) is 5.91 Å². The number of para-hydroxylation sites is 1. The molecule has 0 radical (unpaired) electrons. The second kappa shape index (κ2) is 8.68. The molecular formula is C20H32N4O. The predicted molar refractivity (Wildman–Crippen MR) is 103 cm³/mol. The van der Waals surface area contributed by atoms with E-state index in [0.717, 1.165) is 45.6 Å². The summed E-state index contributed by atoms with van der Waals surface area (Å²) < 4.78 is 0. The van der Waals surface area contributed by atoms with Crippen molar-refractivity contribution in [3.63, 3.8) is 0 Å². The zero-order chi connectivity index (χ0) is 17.6. The molecule has 0 spiro atoms. The van der Waals surface area contributed by atoms with Gasteiger partial charge in [0.1, 0.15) is 0 Å². The van der Waals surface area contributed by atoms with Gasteiger partial charge in [-0.15, -0.1) is 0 Å². The first kappa shape index (κ1) is 18.2. The number of carbonyl (C=O) groups is 1. The summed E-state index contributed by atoms with van der Waals surface area (Å²) >= 11 is 0. The van der Waals surface area contributed by atoms with Crippen LogP contribution in [-0.4, -0.2) is 55.6 Å². The molecule has 1 aromatic rings. The zero-order valence-corrected chi connectivity index (χ0v) is 15.4. The molecule has 3 atom stereocenters. The molecule has 1 heterocycles. The first-order valence-electron chi connectivity index (χ1n) is 9.70. The zero-order valence-electron chi connectivity index (χ0n) is 15.4. The Bertz CT molecular complexity index is 542. The van der Waals surface area contributed by atoms with E-state index in [2.05, 4.69) is 52.4 Å². The molecule has 0 bridgehead atoms. The van der Waals surface area contributed by atoms with Gasteiger partial charge in [-0.25, -0.2) is 0 Å². The number of benzene rings is 1. The van der Waals surface area contributed by atoms with E-state index < -0.39 is 0 Å². The molecule has 138 valence electrons. The van der Waals surface area contributed by atoms with Crippen molar-refractivity contribution < 1.29 is 4.79 Å². The number of rotatable bonds is 6. The number of hydrogen-bond acceptors (Lipinski definition) is 4. The summed E-state index contributed by atoms with van der Waals surface area (Å²) in [5.74, 6) is 0.543. The molecule has 5 nitrogen and oxygen atoms in total. The van der Waals surface area contributed by atoms with Crippen molar-refractivity contribution in [1.82, 2.24) is 10.2 Å². The van der Waals surface area contributed by atoms with Gasteiger partial charge in [0.15, 0.2) is 0 Å². The van der Waals surface area contributed by atoms with Crippen LogP contribution in [0, 0.1) is 5.92 Å². The van der Waals surface area contributed by atoms with Crippen LogP contribution in [0.5, 0.6) is 0 Å². The topological polar surface area (TPSA) is 61.6 Å². The number of nitrogens with one attached hydrogen (secondary N) is 1. The lowest BCUT2D eigenvalue weighted by Gasteiger charge is -2.39. The van der Waals surface area contributed by atoms with Crippen molar-refractivity contribution in [2.24, 2.45) is 11.7 Å². The lowest BCUT2D eigenvalue weighted by atomic mass is 10.00. The third-order valence-corrected chi connectivity index (χ3v) is 5.82. The van der Waals surface area contributed by atoms with Gasteiger partial charge in [0.05, 0.1) is 0 Å². The maximum atomic E-state index is 12.2. The molecule has 1 aliphatic heterocycles. The van der Waals surface area contributed by atoms with Crippen LogP contribution < -0.4 is 16.0 Å². The summed E-state index contributed by atoms with van der Waals surface area (Å²) in [6, 6.07) is 11.2. The van der Waals surface area contributed by atoms with E-state index in [1.165, 1.54) is 12.1 Å². The Hall–Kier alpha value is -1.59. The molecular weight excluding hydrogens is 312 g/mol. The number of nitrogens with two attached hydrogens (primary N) is 1. The van der Waals surface area contributed by atoms with Crippen LogP contribution in [0.25, 0.3) is 0 Å². The van der Waals surface area contributed by atoms with Crippen molar-refractivity contribution in [2.45, 2.75) is 44.7 Å².